The van der Waals surface area contributed by atoms with Crippen molar-refractivity contribution in [2.24, 2.45) is 0 Å². The first kappa shape index (κ1) is 9.75. The van der Waals surface area contributed by atoms with Crippen molar-refractivity contribution < 1.29 is 0 Å². The van der Waals surface area contributed by atoms with Crippen LogP contribution < -0.4 is 11.5 Å². The summed E-state index contributed by atoms with van der Waals surface area (Å²) in [6, 6.07) is 3.43. The number of aromatic nitrogens is 1. The van der Waals surface area contributed by atoms with Gasteiger partial charge in [0.1, 0.15) is 5.82 Å². The highest BCUT2D eigenvalue weighted by atomic mass is 14.8. The van der Waals surface area contributed by atoms with Crippen LogP contribution in [0.3, 0.4) is 0 Å². The molecule has 0 aliphatic rings. The Balaban J connectivity index is 0.000000461. The zero-order valence-corrected chi connectivity index (χ0v) is 7.26. The summed E-state index contributed by atoms with van der Waals surface area (Å²) in [4.78, 5) is 3.93. The van der Waals surface area contributed by atoms with Gasteiger partial charge in [-0.3, -0.25) is 0 Å². The van der Waals surface area contributed by atoms with E-state index in [4.69, 9.17) is 11.5 Å². The summed E-state index contributed by atoms with van der Waals surface area (Å²) >= 11 is 0. The molecule has 0 bridgehead atoms. The molecule has 0 fully saturated rings. The summed E-state index contributed by atoms with van der Waals surface area (Å²) in [5, 5.41) is 0. The van der Waals surface area contributed by atoms with Crippen LogP contribution in [0.2, 0.25) is 0 Å². The maximum absolute atomic E-state index is 5.47. The summed E-state index contributed by atoms with van der Waals surface area (Å²) in [6.45, 7) is 5.83. The minimum atomic E-state index is 0.515. The maximum atomic E-state index is 5.47. The molecule has 0 aliphatic heterocycles. The molecule has 0 radical (unpaired) electrons. The van der Waals surface area contributed by atoms with Crippen molar-refractivity contribution in [3.8, 4) is 0 Å². The van der Waals surface area contributed by atoms with Crippen molar-refractivity contribution in [2.45, 2.75) is 20.8 Å². The second-order valence-corrected chi connectivity index (χ2v) is 1.91. The standard InChI is InChI=1S/C6H9N3.C2H6/c1-4-5(7)2-3-6(8)9-4;1-2/h2-3H,7H2,1H3,(H2,8,9);1-2H3. The Bertz CT molecular complexity index is 221. The van der Waals surface area contributed by atoms with Gasteiger partial charge >= 0.3 is 0 Å². The second-order valence-electron chi connectivity index (χ2n) is 1.91. The number of aryl methyl sites for hydroxylation is 1. The number of hydrogen-bond donors (Lipinski definition) is 2. The lowest BCUT2D eigenvalue weighted by atomic mass is 10.3. The summed E-state index contributed by atoms with van der Waals surface area (Å²) in [5.41, 5.74) is 12.3. The van der Waals surface area contributed by atoms with Gasteiger partial charge in [-0.25, -0.2) is 4.98 Å². The SMILES string of the molecule is CC.Cc1nc(N)ccc1N. The van der Waals surface area contributed by atoms with Gasteiger partial charge in [-0.1, -0.05) is 13.8 Å². The van der Waals surface area contributed by atoms with E-state index in [1.165, 1.54) is 0 Å². The van der Waals surface area contributed by atoms with Gasteiger partial charge in [-0.2, -0.15) is 0 Å². The molecule has 0 spiro atoms. The molecule has 0 unspecified atom stereocenters. The van der Waals surface area contributed by atoms with Crippen molar-refractivity contribution in [3.63, 3.8) is 0 Å². The lowest BCUT2D eigenvalue weighted by molar-refractivity contribution is 1.22. The van der Waals surface area contributed by atoms with E-state index in [2.05, 4.69) is 4.98 Å². The smallest absolute Gasteiger partial charge is 0.123 e. The van der Waals surface area contributed by atoms with Crippen molar-refractivity contribution in [2.75, 3.05) is 11.5 Å². The first-order valence-corrected chi connectivity index (χ1v) is 3.69. The number of pyridine rings is 1. The highest BCUT2D eigenvalue weighted by Crippen LogP contribution is 2.07. The fourth-order valence-electron chi connectivity index (χ4n) is 0.591. The Hall–Kier alpha value is -1.25. The molecule has 0 aromatic carbocycles. The van der Waals surface area contributed by atoms with E-state index in [9.17, 15) is 0 Å². The molecule has 0 atom stereocenters. The normalized spacial score (nSPS) is 8.27. The van der Waals surface area contributed by atoms with Crippen molar-refractivity contribution >= 4 is 11.5 Å². The Morgan fingerprint density at radius 3 is 2.09 bits per heavy atom. The van der Waals surface area contributed by atoms with Crippen molar-refractivity contribution in [1.82, 2.24) is 4.98 Å². The van der Waals surface area contributed by atoms with E-state index < -0.39 is 0 Å². The molecule has 0 saturated carbocycles. The minimum absolute atomic E-state index is 0.515. The molecule has 62 valence electrons. The Morgan fingerprint density at radius 1 is 1.18 bits per heavy atom. The molecule has 11 heavy (non-hydrogen) atoms. The van der Waals surface area contributed by atoms with Crippen LogP contribution in [0.1, 0.15) is 19.5 Å². The maximum Gasteiger partial charge on any atom is 0.123 e. The van der Waals surface area contributed by atoms with E-state index in [1.807, 2.05) is 20.8 Å². The molecule has 0 aliphatic carbocycles. The van der Waals surface area contributed by atoms with Crippen LogP contribution >= 0.6 is 0 Å². The highest BCUT2D eigenvalue weighted by Gasteiger charge is 1.91. The molecule has 1 rings (SSSR count). The number of nitrogens with zero attached hydrogens (tertiary/aromatic N) is 1. The zero-order chi connectivity index (χ0) is 8.85. The molecule has 1 heterocycles. The van der Waals surface area contributed by atoms with E-state index in [-0.39, 0.29) is 0 Å². The first-order valence-electron chi connectivity index (χ1n) is 3.69. The zero-order valence-electron chi connectivity index (χ0n) is 7.26. The molecule has 0 saturated heterocycles. The number of nitrogens with two attached hydrogens (primary N) is 2. The number of hydrogen-bond acceptors (Lipinski definition) is 3. The molecular weight excluding hydrogens is 138 g/mol. The average molecular weight is 153 g/mol. The third-order valence-corrected chi connectivity index (χ3v) is 1.15. The number of anilines is 2. The largest absolute Gasteiger partial charge is 0.397 e. The minimum Gasteiger partial charge on any atom is -0.397 e. The third-order valence-electron chi connectivity index (χ3n) is 1.15. The Morgan fingerprint density at radius 2 is 1.73 bits per heavy atom. The molecule has 0 amide bonds. The lowest BCUT2D eigenvalue weighted by Crippen LogP contribution is -1.96. The monoisotopic (exact) mass is 153 g/mol. The third kappa shape index (κ3) is 2.89. The fourth-order valence-corrected chi connectivity index (χ4v) is 0.591. The average Bonchev–Trinajstić information content (AvgIpc) is 2.02. The van der Waals surface area contributed by atoms with Crippen LogP contribution in [0.15, 0.2) is 12.1 Å². The van der Waals surface area contributed by atoms with E-state index in [1.54, 1.807) is 12.1 Å². The van der Waals surface area contributed by atoms with Gasteiger partial charge in [0.25, 0.3) is 0 Å². The predicted molar refractivity (Wildman–Crippen MR) is 49.1 cm³/mol. The first-order chi connectivity index (χ1) is 5.20. The second kappa shape index (κ2) is 4.55. The van der Waals surface area contributed by atoms with Crippen molar-refractivity contribution in [3.05, 3.63) is 17.8 Å². The van der Waals surface area contributed by atoms with Crippen LogP contribution in [-0.2, 0) is 0 Å². The summed E-state index contributed by atoms with van der Waals surface area (Å²) in [6.07, 6.45) is 0. The van der Waals surface area contributed by atoms with Crippen LogP contribution in [0.25, 0.3) is 0 Å². The van der Waals surface area contributed by atoms with Crippen molar-refractivity contribution in [1.29, 1.82) is 0 Å². The molecular formula is C8H15N3. The van der Waals surface area contributed by atoms with Gasteiger partial charge in [0.15, 0.2) is 0 Å². The summed E-state index contributed by atoms with van der Waals surface area (Å²) in [5.74, 6) is 0.515. The van der Waals surface area contributed by atoms with Gasteiger partial charge in [0, 0.05) is 0 Å². The van der Waals surface area contributed by atoms with Crippen LogP contribution in [0, 0.1) is 6.92 Å². The number of rotatable bonds is 0. The van der Waals surface area contributed by atoms with Crippen LogP contribution in [0.5, 0.6) is 0 Å². The van der Waals surface area contributed by atoms with E-state index >= 15 is 0 Å². The number of nitrogen functional groups attached to an aromatic ring is 2. The van der Waals surface area contributed by atoms with Gasteiger partial charge in [0.2, 0.25) is 0 Å². The molecule has 3 nitrogen and oxygen atoms in total. The van der Waals surface area contributed by atoms with Gasteiger partial charge in [-0.05, 0) is 19.1 Å². The topological polar surface area (TPSA) is 64.9 Å². The van der Waals surface area contributed by atoms with E-state index in [0.717, 1.165) is 5.69 Å². The van der Waals surface area contributed by atoms with Gasteiger partial charge in [0.05, 0.1) is 11.4 Å². The molecule has 1 aromatic heterocycles. The lowest BCUT2D eigenvalue weighted by Gasteiger charge is -1.97. The molecule has 3 heteroatoms. The molecule has 1 aromatic rings. The summed E-state index contributed by atoms with van der Waals surface area (Å²) in [7, 11) is 0. The Labute approximate surface area is 67.4 Å². The fraction of sp³-hybridized carbons (Fsp3) is 0.375. The summed E-state index contributed by atoms with van der Waals surface area (Å²) < 4.78 is 0. The highest BCUT2D eigenvalue weighted by molar-refractivity contribution is 5.46. The van der Waals surface area contributed by atoms with Gasteiger partial charge in [-0.15, -0.1) is 0 Å². The van der Waals surface area contributed by atoms with Crippen LogP contribution in [0.4, 0.5) is 11.5 Å². The predicted octanol–water partition coefficient (Wildman–Crippen LogP) is 1.58. The van der Waals surface area contributed by atoms with Gasteiger partial charge < -0.3 is 11.5 Å². The van der Waals surface area contributed by atoms with Crippen LogP contribution in [-0.4, -0.2) is 4.98 Å². The quantitative estimate of drug-likeness (QED) is 0.594. The Kier molecular flexibility index (Phi) is 4.03. The van der Waals surface area contributed by atoms with E-state index in [0.29, 0.717) is 11.5 Å². The molecule has 4 N–H and O–H groups in total.